The van der Waals surface area contributed by atoms with E-state index in [0.29, 0.717) is 24.1 Å². The Bertz CT molecular complexity index is 731. The third-order valence-corrected chi connectivity index (χ3v) is 6.50. The zero-order valence-corrected chi connectivity index (χ0v) is 14.5. The van der Waals surface area contributed by atoms with Gasteiger partial charge in [0.15, 0.2) is 9.84 Å². The van der Waals surface area contributed by atoms with Gasteiger partial charge in [0.05, 0.1) is 5.25 Å². The van der Waals surface area contributed by atoms with Crippen molar-refractivity contribution in [2.24, 2.45) is 0 Å². The maximum absolute atomic E-state index is 13.8. The van der Waals surface area contributed by atoms with E-state index in [0.717, 1.165) is 25.7 Å². The number of sulfone groups is 1. The first kappa shape index (κ1) is 17.2. The molecule has 7 heteroatoms. The molecular weight excluding hydrogens is 331 g/mol. The number of hydrogen-bond donors (Lipinski definition) is 2. The van der Waals surface area contributed by atoms with Crippen LogP contribution in [0.5, 0.6) is 0 Å². The molecule has 5 nitrogen and oxygen atoms in total. The number of halogens is 1. The first-order chi connectivity index (χ1) is 11.3. The summed E-state index contributed by atoms with van der Waals surface area (Å²) in [4.78, 5) is 12.2. The summed E-state index contributed by atoms with van der Waals surface area (Å²) in [5, 5.41) is 4.94. The number of benzene rings is 1. The van der Waals surface area contributed by atoms with Crippen LogP contribution in [0.25, 0.3) is 0 Å². The van der Waals surface area contributed by atoms with E-state index in [9.17, 15) is 17.6 Å². The van der Waals surface area contributed by atoms with Crippen molar-refractivity contribution in [2.75, 3.05) is 11.6 Å². The van der Waals surface area contributed by atoms with Gasteiger partial charge in [0, 0.05) is 18.0 Å². The number of hydrogen-bond acceptors (Lipinski definition) is 3. The first-order valence-electron chi connectivity index (χ1n) is 8.40. The molecule has 2 N–H and O–H groups in total. The lowest BCUT2D eigenvalue weighted by Crippen LogP contribution is -2.49. The standard InChI is InChI=1S/C17H23FN2O3S/c1-24(22,23)16-5-3-2-4-15(16)20-17(21)19-12-8-9-14(18)13(10-12)11-6-7-11/h8-11,15-16H,2-7H2,1H3,(H2,19,20,21)/t15-,16-/m1/s1. The van der Waals surface area contributed by atoms with E-state index >= 15 is 0 Å². The molecule has 0 unspecified atom stereocenters. The topological polar surface area (TPSA) is 75.3 Å². The van der Waals surface area contributed by atoms with Crippen LogP contribution in [0, 0.1) is 5.82 Å². The van der Waals surface area contributed by atoms with Crippen molar-refractivity contribution in [3.05, 3.63) is 29.6 Å². The summed E-state index contributed by atoms with van der Waals surface area (Å²) in [5.41, 5.74) is 1.17. The Hall–Kier alpha value is -1.63. The molecule has 2 aliphatic carbocycles. The highest BCUT2D eigenvalue weighted by Gasteiger charge is 2.33. The number of urea groups is 1. The van der Waals surface area contributed by atoms with Crippen LogP contribution >= 0.6 is 0 Å². The monoisotopic (exact) mass is 354 g/mol. The summed E-state index contributed by atoms with van der Waals surface area (Å²) in [5.74, 6) is 0.00986. The van der Waals surface area contributed by atoms with Crippen LogP contribution in [0.2, 0.25) is 0 Å². The Morgan fingerprint density at radius 1 is 1.17 bits per heavy atom. The molecule has 0 heterocycles. The Kier molecular flexibility index (Phi) is 4.80. The molecule has 132 valence electrons. The van der Waals surface area contributed by atoms with E-state index in [-0.39, 0.29) is 17.8 Å². The highest BCUT2D eigenvalue weighted by molar-refractivity contribution is 7.91. The number of nitrogens with one attached hydrogen (secondary N) is 2. The molecule has 0 spiro atoms. The highest BCUT2D eigenvalue weighted by Crippen LogP contribution is 2.42. The largest absolute Gasteiger partial charge is 0.334 e. The van der Waals surface area contributed by atoms with Crippen LogP contribution < -0.4 is 10.6 Å². The van der Waals surface area contributed by atoms with Gasteiger partial charge in [0.2, 0.25) is 0 Å². The quantitative estimate of drug-likeness (QED) is 0.872. The zero-order valence-electron chi connectivity index (χ0n) is 13.7. The predicted octanol–water partition coefficient (Wildman–Crippen LogP) is 3.18. The molecule has 0 aliphatic heterocycles. The van der Waals surface area contributed by atoms with Crippen molar-refractivity contribution < 1.29 is 17.6 Å². The molecule has 2 fully saturated rings. The second-order valence-electron chi connectivity index (χ2n) is 6.87. The van der Waals surface area contributed by atoms with Crippen LogP contribution in [0.1, 0.15) is 50.0 Å². The normalized spacial score (nSPS) is 24.4. The Balaban J connectivity index is 1.65. The third-order valence-electron chi connectivity index (χ3n) is 4.84. The van der Waals surface area contributed by atoms with Crippen molar-refractivity contribution in [1.29, 1.82) is 0 Å². The maximum atomic E-state index is 13.8. The number of rotatable bonds is 4. The van der Waals surface area contributed by atoms with E-state index in [1.807, 2.05) is 0 Å². The molecule has 0 aromatic heterocycles. The number of anilines is 1. The highest BCUT2D eigenvalue weighted by atomic mass is 32.2. The van der Waals surface area contributed by atoms with E-state index < -0.39 is 21.1 Å². The SMILES string of the molecule is CS(=O)(=O)[C@@H]1CCCC[C@H]1NC(=O)Nc1ccc(F)c(C2CC2)c1. The van der Waals surface area contributed by atoms with Gasteiger partial charge in [0.25, 0.3) is 0 Å². The molecule has 2 aliphatic rings. The molecule has 0 bridgehead atoms. The molecule has 3 rings (SSSR count). The van der Waals surface area contributed by atoms with Crippen LogP contribution in [-0.2, 0) is 9.84 Å². The molecule has 2 saturated carbocycles. The van der Waals surface area contributed by atoms with Gasteiger partial charge in [-0.05, 0) is 55.4 Å². The van der Waals surface area contributed by atoms with Gasteiger partial charge in [-0.15, -0.1) is 0 Å². The van der Waals surface area contributed by atoms with Crippen molar-refractivity contribution in [3.63, 3.8) is 0 Å². The van der Waals surface area contributed by atoms with E-state index in [1.165, 1.54) is 18.4 Å². The molecule has 1 aromatic carbocycles. The van der Waals surface area contributed by atoms with Gasteiger partial charge in [-0.25, -0.2) is 17.6 Å². The average Bonchev–Trinajstić information content (AvgIpc) is 3.33. The Morgan fingerprint density at radius 3 is 2.54 bits per heavy atom. The fraction of sp³-hybridized carbons (Fsp3) is 0.588. The fourth-order valence-electron chi connectivity index (χ4n) is 3.44. The smallest absolute Gasteiger partial charge is 0.319 e. The number of carbonyl (C=O) groups is 1. The first-order valence-corrected chi connectivity index (χ1v) is 10.4. The Morgan fingerprint density at radius 2 is 1.88 bits per heavy atom. The zero-order chi connectivity index (χ0) is 17.3. The van der Waals surface area contributed by atoms with Crippen molar-refractivity contribution in [3.8, 4) is 0 Å². The third kappa shape index (κ3) is 4.06. The minimum absolute atomic E-state index is 0.243. The van der Waals surface area contributed by atoms with Crippen LogP contribution in [0.4, 0.5) is 14.9 Å². The lowest BCUT2D eigenvalue weighted by Gasteiger charge is -2.30. The summed E-state index contributed by atoms with van der Waals surface area (Å²) in [7, 11) is -3.20. The second-order valence-corrected chi connectivity index (χ2v) is 9.13. The summed E-state index contributed by atoms with van der Waals surface area (Å²) in [6.45, 7) is 0. The molecule has 0 saturated heterocycles. The van der Waals surface area contributed by atoms with E-state index in [1.54, 1.807) is 6.07 Å². The van der Waals surface area contributed by atoms with Crippen LogP contribution in [-0.4, -0.2) is 32.0 Å². The molecule has 24 heavy (non-hydrogen) atoms. The molecule has 2 amide bonds. The average molecular weight is 354 g/mol. The molecular formula is C17H23FN2O3S. The van der Waals surface area contributed by atoms with Crippen LogP contribution in [0.3, 0.4) is 0 Å². The van der Waals surface area contributed by atoms with Gasteiger partial charge >= 0.3 is 6.03 Å². The van der Waals surface area contributed by atoms with E-state index in [2.05, 4.69) is 10.6 Å². The minimum Gasteiger partial charge on any atom is -0.334 e. The van der Waals surface area contributed by atoms with Crippen molar-refractivity contribution >= 4 is 21.6 Å². The van der Waals surface area contributed by atoms with Gasteiger partial charge in [0.1, 0.15) is 5.82 Å². The van der Waals surface area contributed by atoms with Gasteiger partial charge in [-0.1, -0.05) is 12.8 Å². The fourth-order valence-corrected chi connectivity index (χ4v) is 4.83. The van der Waals surface area contributed by atoms with Crippen LogP contribution in [0.15, 0.2) is 18.2 Å². The Labute approximate surface area is 141 Å². The summed E-state index contributed by atoms with van der Waals surface area (Å²) in [6.07, 6.45) is 6.17. The molecule has 1 aromatic rings. The van der Waals surface area contributed by atoms with Crippen molar-refractivity contribution in [1.82, 2.24) is 5.32 Å². The predicted molar refractivity (Wildman–Crippen MR) is 91.4 cm³/mol. The van der Waals surface area contributed by atoms with E-state index in [4.69, 9.17) is 0 Å². The van der Waals surface area contributed by atoms with Gasteiger partial charge in [-0.3, -0.25) is 0 Å². The maximum Gasteiger partial charge on any atom is 0.319 e. The van der Waals surface area contributed by atoms with Crippen molar-refractivity contribution in [2.45, 2.75) is 55.7 Å². The lowest BCUT2D eigenvalue weighted by atomic mass is 9.95. The second kappa shape index (κ2) is 6.70. The molecule has 2 atom stereocenters. The molecule has 0 radical (unpaired) electrons. The number of amides is 2. The summed E-state index contributed by atoms with van der Waals surface area (Å²) >= 11 is 0. The minimum atomic E-state index is -3.20. The van der Waals surface area contributed by atoms with Gasteiger partial charge in [-0.2, -0.15) is 0 Å². The summed E-state index contributed by atoms with van der Waals surface area (Å²) < 4.78 is 37.5. The summed E-state index contributed by atoms with van der Waals surface area (Å²) in [6, 6.07) is 3.74. The number of carbonyl (C=O) groups excluding carboxylic acids is 1. The van der Waals surface area contributed by atoms with Gasteiger partial charge < -0.3 is 10.6 Å². The lowest BCUT2D eigenvalue weighted by molar-refractivity contribution is 0.244.